The predicted octanol–water partition coefficient (Wildman–Crippen LogP) is 4.16. The van der Waals surface area contributed by atoms with Crippen LogP contribution in [0, 0.1) is 0 Å². The summed E-state index contributed by atoms with van der Waals surface area (Å²) in [6.45, 7) is 0. The van der Waals surface area contributed by atoms with Crippen LogP contribution in [0.5, 0.6) is 5.75 Å². The molecule has 4 aromatic rings. The Morgan fingerprint density at radius 1 is 0.903 bits per heavy atom. The van der Waals surface area contributed by atoms with E-state index in [4.69, 9.17) is 9.47 Å². The van der Waals surface area contributed by atoms with Crippen LogP contribution in [0.25, 0.3) is 10.9 Å². The number of aromatic amines is 1. The fourth-order valence-electron chi connectivity index (χ4n) is 4.85. The first kappa shape index (κ1) is 19.4. The molecule has 156 valence electrons. The molecule has 1 aromatic heterocycles. The third kappa shape index (κ3) is 2.93. The molecule has 2 N–H and O–H groups in total. The Hall–Kier alpha value is -3.57. The van der Waals surface area contributed by atoms with Gasteiger partial charge in [0.05, 0.1) is 14.2 Å². The lowest BCUT2D eigenvalue weighted by molar-refractivity contribution is -0.143. The average molecular weight is 412 g/mol. The Labute approximate surface area is 181 Å². The van der Waals surface area contributed by atoms with Crippen molar-refractivity contribution in [2.75, 3.05) is 14.2 Å². The number of rotatable bonds is 4. The van der Waals surface area contributed by atoms with E-state index in [1.165, 1.54) is 7.11 Å². The normalized spacial score (nSPS) is 17.2. The van der Waals surface area contributed by atoms with Gasteiger partial charge >= 0.3 is 5.97 Å². The predicted molar refractivity (Wildman–Crippen MR) is 120 cm³/mol. The van der Waals surface area contributed by atoms with Crippen molar-refractivity contribution in [2.45, 2.75) is 18.0 Å². The molecule has 0 aliphatic carbocycles. The maximum Gasteiger partial charge on any atom is 0.323 e. The van der Waals surface area contributed by atoms with Gasteiger partial charge in [0.1, 0.15) is 17.3 Å². The van der Waals surface area contributed by atoms with E-state index in [9.17, 15) is 4.79 Å². The second kappa shape index (κ2) is 7.60. The van der Waals surface area contributed by atoms with Crippen molar-refractivity contribution in [3.63, 3.8) is 0 Å². The van der Waals surface area contributed by atoms with Crippen LogP contribution < -0.4 is 10.1 Å². The Morgan fingerprint density at radius 3 is 2.13 bits per heavy atom. The van der Waals surface area contributed by atoms with Gasteiger partial charge in [-0.15, -0.1) is 0 Å². The molecule has 0 bridgehead atoms. The molecule has 3 aromatic carbocycles. The summed E-state index contributed by atoms with van der Waals surface area (Å²) in [5.74, 6) is 0.502. The van der Waals surface area contributed by atoms with Crippen LogP contribution >= 0.6 is 0 Å². The fourth-order valence-corrected chi connectivity index (χ4v) is 4.85. The first-order chi connectivity index (χ1) is 15.2. The Bertz CT molecular complexity index is 1190. The maximum atomic E-state index is 12.8. The van der Waals surface area contributed by atoms with Gasteiger partial charge in [-0.2, -0.15) is 0 Å². The zero-order valence-corrected chi connectivity index (χ0v) is 17.5. The summed E-state index contributed by atoms with van der Waals surface area (Å²) in [7, 11) is 3.11. The standard InChI is InChI=1S/C26H24N2O3/c1-30-22-15-9-14-20-23(22)19-16-21(25(29)31-2)28-26(24(19)27-20,17-10-5-3-6-11-17)18-12-7-4-8-13-18/h3-15,21,27-28H,16H2,1-2H3. The summed E-state index contributed by atoms with van der Waals surface area (Å²) < 4.78 is 10.9. The number of aromatic nitrogens is 1. The van der Waals surface area contributed by atoms with E-state index >= 15 is 0 Å². The van der Waals surface area contributed by atoms with Gasteiger partial charge in [0, 0.05) is 23.0 Å². The summed E-state index contributed by atoms with van der Waals surface area (Å²) in [5.41, 5.74) is 4.40. The van der Waals surface area contributed by atoms with E-state index < -0.39 is 11.6 Å². The molecule has 31 heavy (non-hydrogen) atoms. The van der Waals surface area contributed by atoms with Gasteiger partial charge in [0.2, 0.25) is 0 Å². The third-order valence-electron chi connectivity index (χ3n) is 6.18. The van der Waals surface area contributed by atoms with Crippen LogP contribution in [-0.4, -0.2) is 31.2 Å². The van der Waals surface area contributed by atoms with E-state index in [1.54, 1.807) is 7.11 Å². The van der Waals surface area contributed by atoms with E-state index in [2.05, 4.69) is 34.6 Å². The summed E-state index contributed by atoms with van der Waals surface area (Å²) in [6.07, 6.45) is 0.504. The van der Waals surface area contributed by atoms with Crippen molar-refractivity contribution in [1.82, 2.24) is 10.3 Å². The molecule has 0 saturated heterocycles. The first-order valence-corrected chi connectivity index (χ1v) is 10.3. The van der Waals surface area contributed by atoms with Crippen molar-refractivity contribution < 1.29 is 14.3 Å². The molecule has 5 heteroatoms. The van der Waals surface area contributed by atoms with Gasteiger partial charge in [0.15, 0.2) is 0 Å². The lowest BCUT2D eigenvalue weighted by atomic mass is 9.74. The molecule has 0 spiro atoms. The minimum absolute atomic E-state index is 0.286. The van der Waals surface area contributed by atoms with E-state index in [0.29, 0.717) is 6.42 Å². The number of fused-ring (bicyclic) bond motifs is 3. The van der Waals surface area contributed by atoms with Gasteiger partial charge in [-0.05, 0) is 28.8 Å². The van der Waals surface area contributed by atoms with Crippen molar-refractivity contribution in [1.29, 1.82) is 0 Å². The van der Waals surface area contributed by atoms with Gasteiger partial charge in [-0.1, -0.05) is 66.7 Å². The molecule has 0 radical (unpaired) electrons. The number of nitrogens with one attached hydrogen (secondary N) is 2. The van der Waals surface area contributed by atoms with E-state index in [-0.39, 0.29) is 5.97 Å². The van der Waals surface area contributed by atoms with Gasteiger partial charge in [0.25, 0.3) is 0 Å². The second-order valence-corrected chi connectivity index (χ2v) is 7.77. The molecule has 5 nitrogen and oxygen atoms in total. The molecular formula is C26H24N2O3. The highest BCUT2D eigenvalue weighted by Gasteiger charge is 2.47. The molecule has 0 amide bonds. The third-order valence-corrected chi connectivity index (χ3v) is 6.18. The van der Waals surface area contributed by atoms with Crippen LogP contribution in [0.4, 0.5) is 0 Å². The van der Waals surface area contributed by atoms with Crippen LogP contribution in [0.1, 0.15) is 22.4 Å². The number of hydrogen-bond acceptors (Lipinski definition) is 4. The van der Waals surface area contributed by atoms with E-state index in [0.717, 1.165) is 39.0 Å². The SMILES string of the molecule is COC(=O)C1Cc2c([nH]c3cccc(OC)c23)C(c2ccccc2)(c2ccccc2)N1. The van der Waals surface area contributed by atoms with Crippen molar-refractivity contribution in [3.05, 3.63) is 101 Å². The number of esters is 1. The Kier molecular flexibility index (Phi) is 4.75. The zero-order valence-electron chi connectivity index (χ0n) is 17.5. The minimum Gasteiger partial charge on any atom is -0.496 e. The first-order valence-electron chi connectivity index (χ1n) is 10.3. The topological polar surface area (TPSA) is 63.4 Å². The van der Waals surface area contributed by atoms with Gasteiger partial charge < -0.3 is 14.5 Å². The molecule has 1 atom stereocenters. The smallest absolute Gasteiger partial charge is 0.323 e. The average Bonchev–Trinajstić information content (AvgIpc) is 3.23. The highest BCUT2D eigenvalue weighted by molar-refractivity contribution is 5.93. The molecule has 1 aliphatic rings. The number of hydrogen-bond donors (Lipinski definition) is 2. The maximum absolute atomic E-state index is 12.8. The number of ether oxygens (including phenoxy) is 2. The molecule has 1 unspecified atom stereocenters. The summed E-state index contributed by atoms with van der Waals surface area (Å²) >= 11 is 0. The lowest BCUT2D eigenvalue weighted by Crippen LogP contribution is -2.57. The fraction of sp³-hybridized carbons (Fsp3) is 0.192. The van der Waals surface area contributed by atoms with Crippen molar-refractivity contribution >= 4 is 16.9 Å². The molecule has 5 rings (SSSR count). The quantitative estimate of drug-likeness (QED) is 0.494. The summed E-state index contributed by atoms with van der Waals surface area (Å²) in [5, 5.41) is 4.66. The Morgan fingerprint density at radius 2 is 1.55 bits per heavy atom. The summed E-state index contributed by atoms with van der Waals surface area (Å²) in [6, 6.07) is 25.9. The monoisotopic (exact) mass is 412 g/mol. The lowest BCUT2D eigenvalue weighted by Gasteiger charge is -2.42. The van der Waals surface area contributed by atoms with Crippen molar-refractivity contribution in [2.24, 2.45) is 0 Å². The number of methoxy groups -OCH3 is 2. The van der Waals surface area contributed by atoms with Crippen LogP contribution in [0.2, 0.25) is 0 Å². The molecule has 0 fully saturated rings. The highest BCUT2D eigenvalue weighted by atomic mass is 16.5. The van der Waals surface area contributed by atoms with Crippen LogP contribution in [0.15, 0.2) is 78.9 Å². The number of H-pyrrole nitrogens is 1. The van der Waals surface area contributed by atoms with Crippen LogP contribution in [0.3, 0.4) is 0 Å². The highest BCUT2D eigenvalue weighted by Crippen LogP contribution is 2.45. The van der Waals surface area contributed by atoms with Gasteiger partial charge in [-0.25, -0.2) is 0 Å². The number of carbonyl (C=O) groups is 1. The van der Waals surface area contributed by atoms with E-state index in [1.807, 2.05) is 54.6 Å². The van der Waals surface area contributed by atoms with Crippen molar-refractivity contribution in [3.8, 4) is 5.75 Å². The summed E-state index contributed by atoms with van der Waals surface area (Å²) in [4.78, 5) is 16.5. The molecular weight excluding hydrogens is 388 g/mol. The second-order valence-electron chi connectivity index (χ2n) is 7.77. The molecule has 2 heterocycles. The van der Waals surface area contributed by atoms with Gasteiger partial charge in [-0.3, -0.25) is 10.1 Å². The number of carbonyl (C=O) groups excluding carboxylic acids is 1. The largest absolute Gasteiger partial charge is 0.496 e. The molecule has 1 aliphatic heterocycles. The number of benzene rings is 3. The zero-order chi connectivity index (χ0) is 21.4. The Balaban J connectivity index is 1.89. The minimum atomic E-state index is -0.751. The van der Waals surface area contributed by atoms with Crippen LogP contribution in [-0.2, 0) is 21.5 Å². The molecule has 0 saturated carbocycles.